The third kappa shape index (κ3) is 4.70. The van der Waals surface area contributed by atoms with E-state index in [1.807, 2.05) is 40.6 Å². The largest absolute Gasteiger partial charge is 0.339 e. The minimum absolute atomic E-state index is 0. The molecule has 4 nitrogen and oxygen atoms in total. The Bertz CT molecular complexity index is 650. The van der Waals surface area contributed by atoms with Gasteiger partial charge < -0.3 is 10.6 Å². The van der Waals surface area contributed by atoms with Gasteiger partial charge in [0.1, 0.15) is 5.01 Å². The number of likely N-dealkylation sites (tertiary alicyclic amines) is 1. The van der Waals surface area contributed by atoms with E-state index in [1.54, 1.807) is 11.3 Å². The van der Waals surface area contributed by atoms with E-state index >= 15 is 0 Å². The van der Waals surface area contributed by atoms with Crippen LogP contribution in [0, 0.1) is 5.92 Å². The van der Waals surface area contributed by atoms with Crippen LogP contribution in [0.3, 0.4) is 0 Å². The standard InChI is InChI=1S/C17H21N3OS.2ClH/c1-12-7-13(9-18)10-20(12)16(21)8-15-11-22-17(19-15)14-5-3-2-4-6-14;;/h2-6,11-13H,7-10,18H2,1H3;2*1H. The lowest BCUT2D eigenvalue weighted by Gasteiger charge is -2.21. The predicted molar refractivity (Wildman–Crippen MR) is 104 cm³/mol. The second-order valence-corrected chi connectivity index (χ2v) is 6.78. The molecule has 24 heavy (non-hydrogen) atoms. The molecule has 2 heterocycles. The van der Waals surface area contributed by atoms with Crippen molar-refractivity contribution in [3.05, 3.63) is 41.4 Å². The van der Waals surface area contributed by atoms with Gasteiger partial charge >= 0.3 is 0 Å². The van der Waals surface area contributed by atoms with Crippen molar-refractivity contribution in [1.82, 2.24) is 9.88 Å². The Morgan fingerprint density at radius 1 is 1.33 bits per heavy atom. The van der Waals surface area contributed by atoms with Gasteiger partial charge in [0.05, 0.1) is 12.1 Å². The van der Waals surface area contributed by atoms with E-state index in [-0.39, 0.29) is 36.8 Å². The maximum Gasteiger partial charge on any atom is 0.228 e. The number of hydrogen-bond donors (Lipinski definition) is 1. The zero-order chi connectivity index (χ0) is 15.5. The Labute approximate surface area is 159 Å². The van der Waals surface area contributed by atoms with Crippen LogP contribution in [0.2, 0.25) is 0 Å². The molecule has 1 amide bonds. The Morgan fingerprint density at radius 3 is 2.67 bits per heavy atom. The highest BCUT2D eigenvalue weighted by Crippen LogP contribution is 2.26. The van der Waals surface area contributed by atoms with Crippen molar-refractivity contribution in [3.8, 4) is 10.6 Å². The fraction of sp³-hybridized carbons (Fsp3) is 0.412. The number of rotatable bonds is 4. The molecule has 0 bridgehead atoms. The Balaban J connectivity index is 0.00000144. The first-order chi connectivity index (χ1) is 10.7. The van der Waals surface area contributed by atoms with Crippen molar-refractivity contribution in [3.63, 3.8) is 0 Å². The fourth-order valence-corrected chi connectivity index (χ4v) is 3.84. The van der Waals surface area contributed by atoms with E-state index in [0.717, 1.165) is 29.2 Å². The number of benzene rings is 1. The molecule has 1 aliphatic heterocycles. The number of hydrogen-bond acceptors (Lipinski definition) is 4. The van der Waals surface area contributed by atoms with Crippen molar-refractivity contribution >= 4 is 42.1 Å². The van der Waals surface area contributed by atoms with Gasteiger partial charge in [-0.25, -0.2) is 4.98 Å². The van der Waals surface area contributed by atoms with Crippen LogP contribution in [0.25, 0.3) is 10.6 Å². The quantitative estimate of drug-likeness (QED) is 0.874. The Hall–Kier alpha value is -1.14. The molecule has 1 aliphatic rings. The van der Waals surface area contributed by atoms with Gasteiger partial charge in [-0.3, -0.25) is 4.79 Å². The second kappa shape index (κ2) is 9.37. The van der Waals surface area contributed by atoms with E-state index in [9.17, 15) is 4.79 Å². The number of nitrogens with two attached hydrogens (primary N) is 1. The van der Waals surface area contributed by atoms with Crippen LogP contribution in [0.4, 0.5) is 0 Å². The molecule has 2 N–H and O–H groups in total. The molecule has 1 saturated heterocycles. The third-order valence-corrected chi connectivity index (χ3v) is 5.16. The molecule has 0 aliphatic carbocycles. The highest BCUT2D eigenvalue weighted by Gasteiger charge is 2.31. The van der Waals surface area contributed by atoms with Crippen molar-refractivity contribution in [2.24, 2.45) is 11.7 Å². The highest BCUT2D eigenvalue weighted by atomic mass is 35.5. The van der Waals surface area contributed by atoms with Gasteiger partial charge in [-0.15, -0.1) is 36.2 Å². The SMILES string of the molecule is CC1CC(CN)CN1C(=O)Cc1csc(-c2ccccc2)n1.Cl.Cl. The smallest absolute Gasteiger partial charge is 0.228 e. The normalized spacial score (nSPS) is 19.5. The molecule has 2 aromatic rings. The molecular weight excluding hydrogens is 365 g/mol. The molecule has 7 heteroatoms. The number of aromatic nitrogens is 1. The first-order valence-corrected chi connectivity index (χ1v) is 8.54. The monoisotopic (exact) mass is 387 g/mol. The van der Waals surface area contributed by atoms with Gasteiger partial charge in [-0.2, -0.15) is 0 Å². The number of amides is 1. The highest BCUT2D eigenvalue weighted by molar-refractivity contribution is 7.13. The summed E-state index contributed by atoms with van der Waals surface area (Å²) in [6.07, 6.45) is 1.39. The average Bonchev–Trinajstić information content (AvgIpc) is 3.14. The summed E-state index contributed by atoms with van der Waals surface area (Å²) in [6, 6.07) is 10.4. The number of carbonyl (C=O) groups excluding carboxylic acids is 1. The van der Waals surface area contributed by atoms with Crippen LogP contribution in [0.1, 0.15) is 19.0 Å². The molecule has 2 atom stereocenters. The molecule has 0 radical (unpaired) electrons. The Morgan fingerprint density at radius 2 is 2.04 bits per heavy atom. The van der Waals surface area contributed by atoms with E-state index in [0.29, 0.717) is 18.9 Å². The summed E-state index contributed by atoms with van der Waals surface area (Å²) >= 11 is 1.59. The van der Waals surface area contributed by atoms with E-state index in [1.165, 1.54) is 0 Å². The molecule has 3 rings (SSSR count). The number of halogens is 2. The summed E-state index contributed by atoms with van der Waals surface area (Å²) in [7, 11) is 0. The zero-order valence-electron chi connectivity index (χ0n) is 13.6. The van der Waals surface area contributed by atoms with Crippen molar-refractivity contribution < 1.29 is 4.79 Å². The maximum atomic E-state index is 12.5. The summed E-state index contributed by atoms with van der Waals surface area (Å²) in [6.45, 7) is 3.54. The van der Waals surface area contributed by atoms with Crippen LogP contribution in [-0.4, -0.2) is 34.9 Å². The zero-order valence-corrected chi connectivity index (χ0v) is 16.0. The van der Waals surface area contributed by atoms with Crippen LogP contribution < -0.4 is 5.73 Å². The first kappa shape index (κ1) is 20.9. The molecule has 2 unspecified atom stereocenters. The van der Waals surface area contributed by atoms with E-state index in [4.69, 9.17) is 5.73 Å². The minimum Gasteiger partial charge on any atom is -0.339 e. The van der Waals surface area contributed by atoms with Gasteiger partial charge in [0.2, 0.25) is 5.91 Å². The maximum absolute atomic E-state index is 12.5. The lowest BCUT2D eigenvalue weighted by molar-refractivity contribution is -0.131. The summed E-state index contributed by atoms with van der Waals surface area (Å²) in [5, 5.41) is 2.96. The summed E-state index contributed by atoms with van der Waals surface area (Å²) in [5.74, 6) is 0.600. The molecular formula is C17H23Cl2N3OS. The number of thiazole rings is 1. The van der Waals surface area contributed by atoms with E-state index in [2.05, 4.69) is 11.9 Å². The van der Waals surface area contributed by atoms with Crippen molar-refractivity contribution in [2.45, 2.75) is 25.8 Å². The minimum atomic E-state index is 0. The first-order valence-electron chi connectivity index (χ1n) is 7.66. The molecule has 132 valence electrons. The summed E-state index contributed by atoms with van der Waals surface area (Å²) in [5.41, 5.74) is 7.69. The van der Waals surface area contributed by atoms with Crippen LogP contribution in [0.15, 0.2) is 35.7 Å². The van der Waals surface area contributed by atoms with Gasteiger partial charge in [0.15, 0.2) is 0 Å². The van der Waals surface area contributed by atoms with Crippen LogP contribution in [0.5, 0.6) is 0 Å². The lowest BCUT2D eigenvalue weighted by Crippen LogP contribution is -2.35. The van der Waals surface area contributed by atoms with Gasteiger partial charge in [0, 0.05) is 23.5 Å². The summed E-state index contributed by atoms with van der Waals surface area (Å²) < 4.78 is 0. The number of carbonyl (C=O) groups is 1. The van der Waals surface area contributed by atoms with Gasteiger partial charge in [-0.05, 0) is 25.8 Å². The number of nitrogens with zero attached hydrogens (tertiary/aromatic N) is 2. The summed E-state index contributed by atoms with van der Waals surface area (Å²) in [4.78, 5) is 19.0. The van der Waals surface area contributed by atoms with Gasteiger partial charge in [0.25, 0.3) is 0 Å². The molecule has 1 fully saturated rings. The predicted octanol–water partition coefficient (Wildman–Crippen LogP) is 3.39. The second-order valence-electron chi connectivity index (χ2n) is 5.92. The Kier molecular flexibility index (Phi) is 8.16. The molecule has 0 spiro atoms. The lowest BCUT2D eigenvalue weighted by atomic mass is 10.1. The topological polar surface area (TPSA) is 59.2 Å². The van der Waals surface area contributed by atoms with E-state index < -0.39 is 0 Å². The molecule has 1 aromatic carbocycles. The fourth-order valence-electron chi connectivity index (χ4n) is 3.02. The third-order valence-electron chi connectivity index (χ3n) is 4.22. The van der Waals surface area contributed by atoms with Crippen molar-refractivity contribution in [2.75, 3.05) is 13.1 Å². The average molecular weight is 388 g/mol. The molecule has 0 saturated carbocycles. The van der Waals surface area contributed by atoms with Crippen molar-refractivity contribution in [1.29, 1.82) is 0 Å². The van der Waals surface area contributed by atoms with Gasteiger partial charge in [-0.1, -0.05) is 30.3 Å². The molecule has 1 aromatic heterocycles. The van der Waals surface area contributed by atoms with Crippen LogP contribution >= 0.6 is 36.2 Å². The van der Waals surface area contributed by atoms with Crippen LogP contribution in [-0.2, 0) is 11.2 Å².